The van der Waals surface area contributed by atoms with Crippen molar-refractivity contribution in [3.63, 3.8) is 0 Å². The van der Waals surface area contributed by atoms with Gasteiger partial charge in [0.05, 0.1) is 0 Å². The molecule has 1 atom stereocenters. The SMILES string of the molecule is NCC(NCCc1ccc(Br)cc1)c1ccc(Br)cc1. The van der Waals surface area contributed by atoms with Gasteiger partial charge in [-0.15, -0.1) is 0 Å². The maximum atomic E-state index is 5.86. The summed E-state index contributed by atoms with van der Waals surface area (Å²) in [6.07, 6.45) is 1.00. The number of rotatable bonds is 6. The summed E-state index contributed by atoms with van der Waals surface area (Å²) in [6, 6.07) is 16.9. The largest absolute Gasteiger partial charge is 0.329 e. The molecule has 0 radical (unpaired) electrons. The molecule has 0 saturated heterocycles. The van der Waals surface area contributed by atoms with Gasteiger partial charge in [-0.25, -0.2) is 0 Å². The normalized spacial score (nSPS) is 12.3. The number of hydrogen-bond acceptors (Lipinski definition) is 2. The van der Waals surface area contributed by atoms with Crippen LogP contribution in [0.2, 0.25) is 0 Å². The number of nitrogens with two attached hydrogens (primary N) is 1. The minimum absolute atomic E-state index is 0.207. The summed E-state index contributed by atoms with van der Waals surface area (Å²) in [6.45, 7) is 1.52. The third-order valence-electron chi connectivity index (χ3n) is 3.23. The highest BCUT2D eigenvalue weighted by Crippen LogP contribution is 2.16. The molecule has 2 aromatic carbocycles. The highest BCUT2D eigenvalue weighted by atomic mass is 79.9. The molecule has 0 aromatic heterocycles. The van der Waals surface area contributed by atoms with Crippen LogP contribution < -0.4 is 11.1 Å². The first-order valence-corrected chi connectivity index (χ1v) is 8.21. The van der Waals surface area contributed by atoms with Crippen LogP contribution in [0, 0.1) is 0 Å². The van der Waals surface area contributed by atoms with E-state index in [-0.39, 0.29) is 6.04 Å². The standard InChI is InChI=1S/C16H18Br2N2/c17-14-5-1-12(2-6-14)9-10-20-16(11-19)13-3-7-15(18)8-4-13/h1-8,16,20H,9-11,19H2. The summed E-state index contributed by atoms with van der Waals surface area (Å²) in [7, 11) is 0. The fourth-order valence-electron chi connectivity index (χ4n) is 2.07. The first kappa shape index (κ1) is 15.7. The summed E-state index contributed by atoms with van der Waals surface area (Å²) in [5, 5.41) is 3.52. The smallest absolute Gasteiger partial charge is 0.0444 e. The van der Waals surface area contributed by atoms with Gasteiger partial charge in [0.2, 0.25) is 0 Å². The quantitative estimate of drug-likeness (QED) is 0.771. The lowest BCUT2D eigenvalue weighted by Crippen LogP contribution is -2.29. The molecule has 4 heteroatoms. The van der Waals surface area contributed by atoms with Crippen molar-refractivity contribution in [2.24, 2.45) is 5.73 Å². The Hall–Kier alpha value is -0.680. The third kappa shape index (κ3) is 4.70. The Kier molecular flexibility index (Phi) is 6.23. The molecule has 0 bridgehead atoms. The highest BCUT2D eigenvalue weighted by Gasteiger charge is 2.08. The van der Waals surface area contributed by atoms with Crippen LogP contribution in [0.15, 0.2) is 57.5 Å². The molecule has 3 N–H and O–H groups in total. The maximum Gasteiger partial charge on any atom is 0.0444 e. The molecule has 0 aliphatic heterocycles. The van der Waals surface area contributed by atoms with E-state index in [9.17, 15) is 0 Å². The first-order valence-electron chi connectivity index (χ1n) is 6.62. The molecule has 2 aromatic rings. The van der Waals surface area contributed by atoms with E-state index in [1.807, 2.05) is 12.1 Å². The number of nitrogens with one attached hydrogen (secondary N) is 1. The van der Waals surface area contributed by atoms with Gasteiger partial charge in [0, 0.05) is 21.5 Å². The molecule has 0 aliphatic rings. The summed E-state index contributed by atoms with van der Waals surface area (Å²) in [5.41, 5.74) is 8.42. The monoisotopic (exact) mass is 396 g/mol. The average Bonchev–Trinajstić information content (AvgIpc) is 2.47. The minimum Gasteiger partial charge on any atom is -0.329 e. The van der Waals surface area contributed by atoms with Crippen molar-refractivity contribution in [1.82, 2.24) is 5.32 Å². The molecule has 2 nitrogen and oxygen atoms in total. The van der Waals surface area contributed by atoms with E-state index in [1.54, 1.807) is 0 Å². The molecular weight excluding hydrogens is 380 g/mol. The van der Waals surface area contributed by atoms with Gasteiger partial charge in [-0.1, -0.05) is 56.1 Å². The van der Waals surface area contributed by atoms with Crippen molar-refractivity contribution in [3.8, 4) is 0 Å². The van der Waals surface area contributed by atoms with Gasteiger partial charge in [0.15, 0.2) is 0 Å². The Morgan fingerprint density at radius 1 is 0.900 bits per heavy atom. The zero-order chi connectivity index (χ0) is 14.4. The van der Waals surface area contributed by atoms with Crippen molar-refractivity contribution < 1.29 is 0 Å². The van der Waals surface area contributed by atoms with Crippen LogP contribution in [0.1, 0.15) is 17.2 Å². The Balaban J connectivity index is 1.87. The highest BCUT2D eigenvalue weighted by molar-refractivity contribution is 9.10. The first-order chi connectivity index (χ1) is 9.69. The second-order valence-corrected chi connectivity index (χ2v) is 6.50. The second kappa shape index (κ2) is 7.93. The van der Waals surface area contributed by atoms with Gasteiger partial charge in [-0.3, -0.25) is 0 Å². The van der Waals surface area contributed by atoms with Gasteiger partial charge in [0.1, 0.15) is 0 Å². The van der Waals surface area contributed by atoms with E-state index in [0.717, 1.165) is 21.9 Å². The van der Waals surface area contributed by atoms with E-state index in [1.165, 1.54) is 11.1 Å². The molecule has 0 saturated carbocycles. The van der Waals surface area contributed by atoms with Crippen LogP contribution in [-0.2, 0) is 6.42 Å². The average molecular weight is 398 g/mol. The van der Waals surface area contributed by atoms with E-state index >= 15 is 0 Å². The molecule has 1 unspecified atom stereocenters. The van der Waals surface area contributed by atoms with Crippen LogP contribution in [0.25, 0.3) is 0 Å². The fourth-order valence-corrected chi connectivity index (χ4v) is 2.60. The molecule has 0 aliphatic carbocycles. The number of hydrogen-bond donors (Lipinski definition) is 2. The molecule has 0 spiro atoms. The van der Waals surface area contributed by atoms with Gasteiger partial charge in [-0.05, 0) is 48.4 Å². The Morgan fingerprint density at radius 2 is 1.45 bits per heavy atom. The molecule has 0 amide bonds. The zero-order valence-electron chi connectivity index (χ0n) is 11.2. The number of benzene rings is 2. The van der Waals surface area contributed by atoms with Crippen LogP contribution in [0.5, 0.6) is 0 Å². The second-order valence-electron chi connectivity index (χ2n) is 4.67. The van der Waals surface area contributed by atoms with E-state index < -0.39 is 0 Å². The minimum atomic E-state index is 0.207. The Morgan fingerprint density at radius 3 is 2.00 bits per heavy atom. The molecular formula is C16H18Br2N2. The zero-order valence-corrected chi connectivity index (χ0v) is 14.3. The van der Waals surface area contributed by atoms with E-state index in [4.69, 9.17) is 5.73 Å². The van der Waals surface area contributed by atoms with Crippen molar-refractivity contribution in [2.45, 2.75) is 12.5 Å². The van der Waals surface area contributed by atoms with Crippen molar-refractivity contribution in [2.75, 3.05) is 13.1 Å². The Bertz CT molecular complexity index is 523. The van der Waals surface area contributed by atoms with Gasteiger partial charge in [0.25, 0.3) is 0 Å². The van der Waals surface area contributed by atoms with Crippen molar-refractivity contribution >= 4 is 31.9 Å². The van der Waals surface area contributed by atoms with Gasteiger partial charge >= 0.3 is 0 Å². The van der Waals surface area contributed by atoms with E-state index in [2.05, 4.69) is 73.6 Å². The molecule has 0 heterocycles. The van der Waals surface area contributed by atoms with Crippen LogP contribution in [0.3, 0.4) is 0 Å². The third-order valence-corrected chi connectivity index (χ3v) is 4.28. The maximum absolute atomic E-state index is 5.86. The Labute approximate surface area is 137 Å². The topological polar surface area (TPSA) is 38.0 Å². The predicted octanol–water partition coefficient (Wildman–Crippen LogP) is 4.04. The van der Waals surface area contributed by atoms with Crippen LogP contribution in [0.4, 0.5) is 0 Å². The molecule has 20 heavy (non-hydrogen) atoms. The summed E-state index contributed by atoms with van der Waals surface area (Å²) >= 11 is 6.90. The van der Waals surface area contributed by atoms with Crippen LogP contribution in [-0.4, -0.2) is 13.1 Å². The summed E-state index contributed by atoms with van der Waals surface area (Å²) in [5.74, 6) is 0. The van der Waals surface area contributed by atoms with E-state index in [0.29, 0.717) is 6.54 Å². The lowest BCUT2D eigenvalue weighted by molar-refractivity contribution is 0.545. The number of halogens is 2. The fraction of sp³-hybridized carbons (Fsp3) is 0.250. The van der Waals surface area contributed by atoms with Crippen molar-refractivity contribution in [1.29, 1.82) is 0 Å². The predicted molar refractivity (Wildman–Crippen MR) is 91.8 cm³/mol. The van der Waals surface area contributed by atoms with Gasteiger partial charge in [-0.2, -0.15) is 0 Å². The van der Waals surface area contributed by atoms with Crippen LogP contribution >= 0.6 is 31.9 Å². The van der Waals surface area contributed by atoms with Crippen molar-refractivity contribution in [3.05, 3.63) is 68.6 Å². The van der Waals surface area contributed by atoms with Gasteiger partial charge < -0.3 is 11.1 Å². The molecule has 106 valence electrons. The summed E-state index contributed by atoms with van der Waals surface area (Å²) < 4.78 is 2.20. The molecule has 0 fully saturated rings. The lowest BCUT2D eigenvalue weighted by atomic mass is 10.1. The molecule has 2 rings (SSSR count). The lowest BCUT2D eigenvalue weighted by Gasteiger charge is -2.17. The summed E-state index contributed by atoms with van der Waals surface area (Å²) in [4.78, 5) is 0.